The third-order valence-corrected chi connectivity index (χ3v) is 4.41. The first kappa shape index (κ1) is 15.3. The van der Waals surface area contributed by atoms with Crippen molar-refractivity contribution in [2.45, 2.75) is 64.7 Å². The van der Waals surface area contributed by atoms with Gasteiger partial charge in [-0.05, 0) is 38.0 Å². The standard InChI is InChI=1S/C13H29NS/c1-6-8-12(14-5)13(7-2)15-10-9-11(3)4/h11-14H,6-10H2,1-5H3. The molecule has 0 aromatic heterocycles. The fourth-order valence-corrected chi connectivity index (χ4v) is 3.45. The maximum Gasteiger partial charge on any atom is 0.0198 e. The SMILES string of the molecule is CCCC(NC)C(CC)SCCC(C)C. The number of hydrogen-bond acceptors (Lipinski definition) is 2. The first-order valence-corrected chi connectivity index (χ1v) is 7.49. The van der Waals surface area contributed by atoms with Crippen molar-refractivity contribution in [3.63, 3.8) is 0 Å². The average molecular weight is 231 g/mol. The molecule has 15 heavy (non-hydrogen) atoms. The molecule has 2 unspecified atom stereocenters. The zero-order valence-corrected chi connectivity index (χ0v) is 12.0. The molecule has 0 aliphatic heterocycles. The smallest absolute Gasteiger partial charge is 0.0198 e. The minimum absolute atomic E-state index is 0.706. The molecule has 0 bridgehead atoms. The topological polar surface area (TPSA) is 12.0 Å². The third-order valence-electron chi connectivity index (χ3n) is 2.85. The molecule has 0 rings (SSSR count). The molecule has 0 amide bonds. The van der Waals surface area contributed by atoms with E-state index in [-0.39, 0.29) is 0 Å². The highest BCUT2D eigenvalue weighted by Gasteiger charge is 2.17. The quantitative estimate of drug-likeness (QED) is 0.645. The summed E-state index contributed by atoms with van der Waals surface area (Å²) in [6.45, 7) is 9.20. The van der Waals surface area contributed by atoms with Crippen molar-refractivity contribution in [1.29, 1.82) is 0 Å². The summed E-state index contributed by atoms with van der Waals surface area (Å²) in [5.41, 5.74) is 0. The van der Waals surface area contributed by atoms with Gasteiger partial charge >= 0.3 is 0 Å². The van der Waals surface area contributed by atoms with Gasteiger partial charge in [-0.2, -0.15) is 11.8 Å². The monoisotopic (exact) mass is 231 g/mol. The van der Waals surface area contributed by atoms with Crippen LogP contribution in [0.3, 0.4) is 0 Å². The van der Waals surface area contributed by atoms with E-state index in [1.54, 1.807) is 0 Å². The predicted octanol–water partition coefficient (Wildman–Crippen LogP) is 3.93. The Morgan fingerprint density at radius 3 is 2.20 bits per heavy atom. The molecular weight excluding hydrogens is 202 g/mol. The molecule has 2 atom stereocenters. The Kier molecular flexibility index (Phi) is 9.73. The lowest BCUT2D eigenvalue weighted by atomic mass is 10.1. The van der Waals surface area contributed by atoms with Crippen molar-refractivity contribution in [2.24, 2.45) is 5.92 Å². The molecule has 0 aliphatic rings. The van der Waals surface area contributed by atoms with Crippen molar-refractivity contribution in [3.05, 3.63) is 0 Å². The second-order valence-electron chi connectivity index (χ2n) is 4.68. The van der Waals surface area contributed by atoms with Crippen molar-refractivity contribution in [3.8, 4) is 0 Å². The van der Waals surface area contributed by atoms with Gasteiger partial charge in [0.2, 0.25) is 0 Å². The summed E-state index contributed by atoms with van der Waals surface area (Å²) in [4.78, 5) is 0. The van der Waals surface area contributed by atoms with Crippen molar-refractivity contribution >= 4 is 11.8 Å². The lowest BCUT2D eigenvalue weighted by Crippen LogP contribution is -2.35. The highest BCUT2D eigenvalue weighted by Crippen LogP contribution is 2.23. The normalized spacial score (nSPS) is 15.6. The van der Waals surface area contributed by atoms with E-state index in [0.29, 0.717) is 6.04 Å². The second-order valence-corrected chi connectivity index (χ2v) is 6.03. The van der Waals surface area contributed by atoms with Crippen LogP contribution < -0.4 is 5.32 Å². The van der Waals surface area contributed by atoms with Crippen LogP contribution in [0.2, 0.25) is 0 Å². The van der Waals surface area contributed by atoms with Gasteiger partial charge in [0.25, 0.3) is 0 Å². The Bertz CT molecular complexity index is 136. The van der Waals surface area contributed by atoms with Crippen molar-refractivity contribution < 1.29 is 0 Å². The second kappa shape index (κ2) is 9.53. The van der Waals surface area contributed by atoms with Gasteiger partial charge in [-0.1, -0.05) is 34.1 Å². The Balaban J connectivity index is 3.86. The van der Waals surface area contributed by atoms with E-state index in [0.717, 1.165) is 11.2 Å². The van der Waals surface area contributed by atoms with E-state index in [1.165, 1.54) is 31.4 Å². The molecule has 1 N–H and O–H groups in total. The maximum absolute atomic E-state index is 3.47. The lowest BCUT2D eigenvalue weighted by Gasteiger charge is -2.25. The molecule has 0 spiro atoms. The molecule has 0 fully saturated rings. The van der Waals surface area contributed by atoms with E-state index >= 15 is 0 Å². The number of hydrogen-bond donors (Lipinski definition) is 1. The fourth-order valence-electron chi connectivity index (χ4n) is 1.80. The molecule has 2 heteroatoms. The average Bonchev–Trinajstić information content (AvgIpc) is 2.21. The number of nitrogens with one attached hydrogen (secondary N) is 1. The predicted molar refractivity (Wildman–Crippen MR) is 73.7 cm³/mol. The van der Waals surface area contributed by atoms with Gasteiger partial charge in [0, 0.05) is 11.3 Å². The lowest BCUT2D eigenvalue weighted by molar-refractivity contribution is 0.489. The molecule has 0 heterocycles. The fraction of sp³-hybridized carbons (Fsp3) is 1.00. The van der Waals surface area contributed by atoms with Crippen LogP contribution >= 0.6 is 11.8 Å². The number of thioether (sulfide) groups is 1. The molecule has 0 radical (unpaired) electrons. The van der Waals surface area contributed by atoms with Gasteiger partial charge in [-0.15, -0.1) is 0 Å². The van der Waals surface area contributed by atoms with Crippen LogP contribution in [-0.4, -0.2) is 24.1 Å². The van der Waals surface area contributed by atoms with Crippen LogP contribution in [0.5, 0.6) is 0 Å². The maximum atomic E-state index is 3.47. The molecule has 0 aromatic rings. The molecule has 1 nitrogen and oxygen atoms in total. The van der Waals surface area contributed by atoms with Gasteiger partial charge in [-0.25, -0.2) is 0 Å². The van der Waals surface area contributed by atoms with E-state index in [2.05, 4.69) is 51.8 Å². The summed E-state index contributed by atoms with van der Waals surface area (Å²) in [6.07, 6.45) is 5.23. The zero-order valence-electron chi connectivity index (χ0n) is 11.2. The minimum Gasteiger partial charge on any atom is -0.316 e. The van der Waals surface area contributed by atoms with Gasteiger partial charge in [0.15, 0.2) is 0 Å². The van der Waals surface area contributed by atoms with E-state index in [9.17, 15) is 0 Å². The van der Waals surface area contributed by atoms with Gasteiger partial charge in [0.05, 0.1) is 0 Å². The van der Waals surface area contributed by atoms with E-state index in [4.69, 9.17) is 0 Å². The Labute approximate surface area is 101 Å². The largest absolute Gasteiger partial charge is 0.316 e. The van der Waals surface area contributed by atoms with E-state index < -0.39 is 0 Å². The molecule has 0 saturated heterocycles. The first-order valence-electron chi connectivity index (χ1n) is 6.44. The molecule has 0 aromatic carbocycles. The Morgan fingerprint density at radius 1 is 1.13 bits per heavy atom. The zero-order chi connectivity index (χ0) is 11.7. The van der Waals surface area contributed by atoms with Crippen LogP contribution in [0.4, 0.5) is 0 Å². The summed E-state index contributed by atoms with van der Waals surface area (Å²) in [7, 11) is 2.10. The minimum atomic E-state index is 0.706. The Morgan fingerprint density at radius 2 is 1.80 bits per heavy atom. The molecule has 0 saturated carbocycles. The first-order chi connectivity index (χ1) is 7.15. The van der Waals surface area contributed by atoms with Crippen LogP contribution in [0.15, 0.2) is 0 Å². The third kappa shape index (κ3) is 7.24. The molecular formula is C13H29NS. The van der Waals surface area contributed by atoms with Crippen LogP contribution in [0.25, 0.3) is 0 Å². The van der Waals surface area contributed by atoms with E-state index in [1.807, 2.05) is 0 Å². The summed E-state index contributed by atoms with van der Waals surface area (Å²) in [5, 5.41) is 4.27. The highest BCUT2D eigenvalue weighted by molar-refractivity contribution is 7.99. The van der Waals surface area contributed by atoms with Gasteiger partial charge in [-0.3, -0.25) is 0 Å². The van der Waals surface area contributed by atoms with Crippen LogP contribution in [-0.2, 0) is 0 Å². The summed E-state index contributed by atoms with van der Waals surface area (Å²) >= 11 is 2.16. The summed E-state index contributed by atoms with van der Waals surface area (Å²) < 4.78 is 0. The van der Waals surface area contributed by atoms with Gasteiger partial charge in [0.1, 0.15) is 0 Å². The van der Waals surface area contributed by atoms with Crippen LogP contribution in [0.1, 0.15) is 53.4 Å². The Hall–Kier alpha value is 0.310. The highest BCUT2D eigenvalue weighted by atomic mass is 32.2. The van der Waals surface area contributed by atoms with Gasteiger partial charge < -0.3 is 5.32 Å². The molecule has 0 aliphatic carbocycles. The summed E-state index contributed by atoms with van der Waals surface area (Å²) in [5.74, 6) is 2.16. The van der Waals surface area contributed by atoms with Crippen LogP contribution in [0, 0.1) is 5.92 Å². The van der Waals surface area contributed by atoms with Crippen molar-refractivity contribution in [2.75, 3.05) is 12.8 Å². The number of rotatable bonds is 9. The van der Waals surface area contributed by atoms with Crippen molar-refractivity contribution in [1.82, 2.24) is 5.32 Å². The summed E-state index contributed by atoms with van der Waals surface area (Å²) in [6, 6.07) is 0.706. The molecule has 92 valence electrons.